The number of rotatable bonds is 4. The molecule has 2 N–H and O–H groups in total. The maximum atomic E-state index is 5.66. The lowest BCUT2D eigenvalue weighted by atomic mass is 10.1. The second-order valence-corrected chi connectivity index (χ2v) is 4.78. The second-order valence-electron chi connectivity index (χ2n) is 4.78. The van der Waals surface area contributed by atoms with E-state index < -0.39 is 0 Å². The summed E-state index contributed by atoms with van der Waals surface area (Å²) in [6.07, 6.45) is 0.284. The van der Waals surface area contributed by atoms with Crippen LogP contribution in [0.2, 0.25) is 0 Å². The van der Waals surface area contributed by atoms with E-state index in [4.69, 9.17) is 15.2 Å². The Morgan fingerprint density at radius 3 is 2.28 bits per heavy atom. The van der Waals surface area contributed by atoms with Gasteiger partial charge in [0, 0.05) is 39.5 Å². The molecular formula is C14H22N2O2. The van der Waals surface area contributed by atoms with Crippen LogP contribution in [0.4, 0.5) is 5.69 Å². The van der Waals surface area contributed by atoms with Gasteiger partial charge in [0.1, 0.15) is 12.2 Å². The summed E-state index contributed by atoms with van der Waals surface area (Å²) >= 11 is 0. The van der Waals surface area contributed by atoms with Crippen LogP contribution in [0.15, 0.2) is 18.2 Å². The van der Waals surface area contributed by atoms with Crippen molar-refractivity contribution in [2.75, 3.05) is 32.2 Å². The largest absolute Gasteiger partial charge is 0.377 e. The van der Waals surface area contributed by atoms with Gasteiger partial charge in [-0.3, -0.25) is 0 Å². The fourth-order valence-electron chi connectivity index (χ4n) is 2.59. The summed E-state index contributed by atoms with van der Waals surface area (Å²) in [6, 6.07) is 6.38. The molecular weight excluding hydrogens is 228 g/mol. The van der Waals surface area contributed by atoms with Crippen molar-refractivity contribution in [2.45, 2.75) is 25.7 Å². The molecule has 1 fully saturated rings. The van der Waals surface area contributed by atoms with Crippen LogP contribution in [0.1, 0.15) is 11.1 Å². The normalized spacial score (nSPS) is 23.7. The fourth-order valence-corrected chi connectivity index (χ4v) is 2.59. The van der Waals surface area contributed by atoms with Crippen LogP contribution in [0, 0.1) is 6.92 Å². The van der Waals surface area contributed by atoms with Gasteiger partial charge in [0.05, 0.1) is 0 Å². The van der Waals surface area contributed by atoms with E-state index in [9.17, 15) is 0 Å². The number of nitrogens with two attached hydrogens (primary N) is 1. The van der Waals surface area contributed by atoms with Gasteiger partial charge >= 0.3 is 0 Å². The van der Waals surface area contributed by atoms with Gasteiger partial charge in [-0.15, -0.1) is 0 Å². The second kappa shape index (κ2) is 5.69. The number of benzene rings is 1. The number of nitrogens with zero attached hydrogens (tertiary/aromatic N) is 1. The Labute approximate surface area is 109 Å². The van der Waals surface area contributed by atoms with E-state index in [1.165, 1.54) is 16.8 Å². The van der Waals surface area contributed by atoms with Crippen molar-refractivity contribution >= 4 is 5.69 Å². The molecule has 4 nitrogen and oxygen atoms in total. The zero-order valence-corrected chi connectivity index (χ0v) is 11.3. The summed E-state index contributed by atoms with van der Waals surface area (Å²) in [5.74, 6) is 0. The van der Waals surface area contributed by atoms with E-state index in [1.54, 1.807) is 14.2 Å². The van der Waals surface area contributed by atoms with E-state index >= 15 is 0 Å². The third-order valence-electron chi connectivity index (χ3n) is 3.66. The van der Waals surface area contributed by atoms with E-state index in [2.05, 4.69) is 30.0 Å². The summed E-state index contributed by atoms with van der Waals surface area (Å²) in [7, 11) is 3.48. The van der Waals surface area contributed by atoms with E-state index in [1.807, 2.05) is 0 Å². The summed E-state index contributed by atoms with van der Waals surface area (Å²) < 4.78 is 10.9. The molecule has 1 aliphatic heterocycles. The predicted octanol–water partition coefficient (Wildman–Crippen LogP) is 1.30. The molecule has 1 aliphatic rings. The van der Waals surface area contributed by atoms with Crippen LogP contribution < -0.4 is 10.6 Å². The molecule has 1 aromatic carbocycles. The zero-order chi connectivity index (χ0) is 13.1. The molecule has 1 heterocycles. The summed E-state index contributed by atoms with van der Waals surface area (Å²) in [4.78, 5) is 2.32. The Bertz CT molecular complexity index is 397. The number of methoxy groups -OCH3 is 2. The number of hydrogen-bond acceptors (Lipinski definition) is 4. The standard InChI is InChI=1S/C14H22N2O2/c1-10-6-11(7-15)4-5-12(10)16-8-13(17-2)14(9-16)18-3/h4-6,13-14H,7-9,15H2,1-3H3. The monoisotopic (exact) mass is 250 g/mol. The van der Waals surface area contributed by atoms with E-state index in [0.717, 1.165) is 13.1 Å². The van der Waals surface area contributed by atoms with Gasteiger partial charge in [-0.25, -0.2) is 0 Å². The summed E-state index contributed by atoms with van der Waals surface area (Å²) in [5, 5.41) is 0. The van der Waals surface area contributed by atoms with Crippen LogP contribution in [0.3, 0.4) is 0 Å². The lowest BCUT2D eigenvalue weighted by Crippen LogP contribution is -2.27. The molecule has 0 radical (unpaired) electrons. The Morgan fingerprint density at radius 1 is 1.22 bits per heavy atom. The minimum Gasteiger partial charge on any atom is -0.377 e. The van der Waals surface area contributed by atoms with Gasteiger partial charge in [-0.1, -0.05) is 12.1 Å². The number of hydrogen-bond donors (Lipinski definition) is 1. The molecule has 2 atom stereocenters. The predicted molar refractivity (Wildman–Crippen MR) is 72.9 cm³/mol. The quantitative estimate of drug-likeness (QED) is 0.875. The molecule has 100 valence electrons. The van der Waals surface area contributed by atoms with Crippen molar-refractivity contribution < 1.29 is 9.47 Å². The zero-order valence-electron chi connectivity index (χ0n) is 11.3. The van der Waals surface area contributed by atoms with Gasteiger partial charge in [0.2, 0.25) is 0 Å². The number of anilines is 1. The van der Waals surface area contributed by atoms with Crippen molar-refractivity contribution in [2.24, 2.45) is 5.73 Å². The van der Waals surface area contributed by atoms with Crippen LogP contribution in [0.25, 0.3) is 0 Å². The highest BCUT2D eigenvalue weighted by Gasteiger charge is 2.33. The molecule has 4 heteroatoms. The molecule has 0 spiro atoms. The highest BCUT2D eigenvalue weighted by molar-refractivity contribution is 5.55. The molecule has 2 unspecified atom stereocenters. The van der Waals surface area contributed by atoms with Crippen molar-refractivity contribution in [3.8, 4) is 0 Å². The molecule has 0 amide bonds. The molecule has 2 rings (SSSR count). The van der Waals surface area contributed by atoms with Crippen molar-refractivity contribution in [3.63, 3.8) is 0 Å². The maximum absolute atomic E-state index is 5.66. The Morgan fingerprint density at radius 2 is 1.83 bits per heavy atom. The van der Waals surface area contributed by atoms with Gasteiger partial charge in [-0.2, -0.15) is 0 Å². The highest BCUT2D eigenvalue weighted by atomic mass is 16.5. The Balaban J connectivity index is 2.18. The third-order valence-corrected chi connectivity index (χ3v) is 3.66. The van der Waals surface area contributed by atoms with E-state index in [-0.39, 0.29) is 12.2 Å². The Kier molecular flexibility index (Phi) is 4.22. The van der Waals surface area contributed by atoms with Gasteiger partial charge < -0.3 is 20.1 Å². The van der Waals surface area contributed by atoms with Crippen LogP contribution in [-0.4, -0.2) is 39.5 Å². The summed E-state index contributed by atoms with van der Waals surface area (Å²) in [5.41, 5.74) is 9.32. The molecule has 0 bridgehead atoms. The first-order chi connectivity index (χ1) is 8.69. The fraction of sp³-hybridized carbons (Fsp3) is 0.571. The molecule has 0 aromatic heterocycles. The minimum atomic E-state index is 0.142. The minimum absolute atomic E-state index is 0.142. The summed E-state index contributed by atoms with van der Waals surface area (Å²) in [6.45, 7) is 4.45. The number of aryl methyl sites for hydroxylation is 1. The number of ether oxygens (including phenoxy) is 2. The van der Waals surface area contributed by atoms with Crippen molar-refractivity contribution in [3.05, 3.63) is 29.3 Å². The SMILES string of the molecule is COC1CN(c2ccc(CN)cc2C)CC1OC. The third kappa shape index (κ3) is 2.51. The highest BCUT2D eigenvalue weighted by Crippen LogP contribution is 2.27. The first kappa shape index (κ1) is 13.3. The molecule has 1 saturated heterocycles. The van der Waals surface area contributed by atoms with Gasteiger partial charge in [0.25, 0.3) is 0 Å². The molecule has 0 saturated carbocycles. The molecule has 1 aromatic rings. The first-order valence-corrected chi connectivity index (χ1v) is 6.29. The van der Waals surface area contributed by atoms with Crippen LogP contribution in [-0.2, 0) is 16.0 Å². The average Bonchev–Trinajstić information content (AvgIpc) is 2.81. The molecule has 0 aliphatic carbocycles. The van der Waals surface area contributed by atoms with Crippen molar-refractivity contribution in [1.82, 2.24) is 0 Å². The van der Waals surface area contributed by atoms with Crippen LogP contribution in [0.5, 0.6) is 0 Å². The van der Waals surface area contributed by atoms with Gasteiger partial charge in [0.15, 0.2) is 0 Å². The smallest absolute Gasteiger partial charge is 0.102 e. The average molecular weight is 250 g/mol. The topological polar surface area (TPSA) is 47.7 Å². The first-order valence-electron chi connectivity index (χ1n) is 6.29. The Hall–Kier alpha value is -1.10. The van der Waals surface area contributed by atoms with Gasteiger partial charge in [-0.05, 0) is 24.1 Å². The molecule has 18 heavy (non-hydrogen) atoms. The lowest BCUT2D eigenvalue weighted by molar-refractivity contribution is -0.00461. The van der Waals surface area contributed by atoms with E-state index in [0.29, 0.717) is 6.54 Å². The maximum Gasteiger partial charge on any atom is 0.102 e. The lowest BCUT2D eigenvalue weighted by Gasteiger charge is -2.21. The van der Waals surface area contributed by atoms with Crippen molar-refractivity contribution in [1.29, 1.82) is 0 Å². The van der Waals surface area contributed by atoms with Crippen LogP contribution >= 0.6 is 0 Å².